The minimum absolute atomic E-state index is 0.223. The Bertz CT molecular complexity index is 125. The van der Waals surface area contributed by atoms with Crippen LogP contribution in [0.1, 0.15) is 39.5 Å². The van der Waals surface area contributed by atoms with Crippen molar-refractivity contribution in [1.82, 2.24) is 0 Å². The molecule has 0 atom stereocenters. The molecule has 0 aromatic carbocycles. The highest BCUT2D eigenvalue weighted by Gasteiger charge is 1.96. The van der Waals surface area contributed by atoms with Crippen molar-refractivity contribution in [2.24, 2.45) is 0 Å². The van der Waals surface area contributed by atoms with Crippen LogP contribution in [-0.4, -0.2) is 5.78 Å². The van der Waals surface area contributed by atoms with Crippen molar-refractivity contribution in [1.29, 1.82) is 0 Å². The quantitative estimate of drug-likeness (QED) is 0.536. The van der Waals surface area contributed by atoms with Gasteiger partial charge >= 0.3 is 0 Å². The molecule has 0 aliphatic carbocycles. The summed E-state index contributed by atoms with van der Waals surface area (Å²) in [6.07, 6.45) is 3.92. The molecule has 0 unspecified atom stereocenters. The lowest BCUT2D eigenvalue weighted by Crippen LogP contribution is -1.92. The first-order valence-electron chi connectivity index (χ1n) is 3.83. The third-order valence-electron chi connectivity index (χ3n) is 1.38. The van der Waals surface area contributed by atoms with Gasteiger partial charge in [-0.1, -0.05) is 25.5 Å². The molecule has 0 fully saturated rings. The van der Waals surface area contributed by atoms with E-state index in [1.165, 1.54) is 6.42 Å². The Balaban J connectivity index is 3.35. The molecule has 0 spiro atoms. The highest BCUT2D eigenvalue weighted by molar-refractivity contribution is 5.77. The summed E-state index contributed by atoms with van der Waals surface area (Å²) in [4.78, 5) is 10.6. The van der Waals surface area contributed by atoms with Crippen molar-refractivity contribution in [2.45, 2.75) is 39.5 Å². The summed E-state index contributed by atoms with van der Waals surface area (Å²) < 4.78 is 0. The minimum Gasteiger partial charge on any atom is -0.300 e. The van der Waals surface area contributed by atoms with Crippen LogP contribution in [0.4, 0.5) is 0 Å². The van der Waals surface area contributed by atoms with Gasteiger partial charge in [0.1, 0.15) is 5.78 Å². The molecule has 0 saturated carbocycles. The lowest BCUT2D eigenvalue weighted by molar-refractivity contribution is -0.116. The van der Waals surface area contributed by atoms with Gasteiger partial charge in [-0.2, -0.15) is 0 Å². The molecule has 58 valence electrons. The van der Waals surface area contributed by atoms with Crippen LogP contribution in [0.5, 0.6) is 0 Å². The summed E-state index contributed by atoms with van der Waals surface area (Å²) in [6.45, 7) is 7.56. The van der Waals surface area contributed by atoms with Crippen LogP contribution in [0.15, 0.2) is 12.2 Å². The van der Waals surface area contributed by atoms with Crippen LogP contribution in [0.3, 0.4) is 0 Å². The van der Waals surface area contributed by atoms with Crippen LogP contribution in [-0.2, 0) is 4.79 Å². The molecule has 0 saturated heterocycles. The third kappa shape index (κ3) is 5.54. The largest absolute Gasteiger partial charge is 0.300 e. The van der Waals surface area contributed by atoms with Gasteiger partial charge in [-0.25, -0.2) is 0 Å². The van der Waals surface area contributed by atoms with E-state index in [4.69, 9.17) is 0 Å². The Labute approximate surface area is 63.1 Å². The molecule has 0 radical (unpaired) electrons. The molecule has 1 nitrogen and oxygen atoms in total. The van der Waals surface area contributed by atoms with E-state index >= 15 is 0 Å². The number of carbonyl (C=O) groups is 1. The first kappa shape index (κ1) is 9.41. The van der Waals surface area contributed by atoms with Crippen LogP contribution in [0.2, 0.25) is 0 Å². The van der Waals surface area contributed by atoms with Gasteiger partial charge in [-0.05, 0) is 19.8 Å². The van der Waals surface area contributed by atoms with Crippen LogP contribution < -0.4 is 0 Å². The van der Waals surface area contributed by atoms with E-state index in [0.717, 1.165) is 18.4 Å². The zero-order valence-corrected chi connectivity index (χ0v) is 6.94. The zero-order chi connectivity index (χ0) is 7.98. The number of carbonyl (C=O) groups excluding carboxylic acids is 1. The third-order valence-corrected chi connectivity index (χ3v) is 1.38. The predicted molar refractivity (Wildman–Crippen MR) is 44.0 cm³/mol. The van der Waals surface area contributed by atoms with Crippen LogP contribution in [0.25, 0.3) is 0 Å². The van der Waals surface area contributed by atoms with E-state index in [2.05, 4.69) is 13.5 Å². The summed E-state index contributed by atoms with van der Waals surface area (Å²) in [5.74, 6) is 0.223. The second-order valence-electron chi connectivity index (χ2n) is 2.73. The Kier molecular flexibility index (Phi) is 4.91. The lowest BCUT2D eigenvalue weighted by atomic mass is 10.1. The van der Waals surface area contributed by atoms with Crippen molar-refractivity contribution in [3.05, 3.63) is 12.2 Å². The fraction of sp³-hybridized carbons (Fsp3) is 0.667. The van der Waals surface area contributed by atoms with Gasteiger partial charge in [0, 0.05) is 6.42 Å². The second-order valence-corrected chi connectivity index (χ2v) is 2.73. The Morgan fingerprint density at radius 1 is 1.50 bits per heavy atom. The zero-order valence-electron chi connectivity index (χ0n) is 6.94. The molecule has 0 bridgehead atoms. The maximum absolute atomic E-state index is 10.6. The van der Waals surface area contributed by atoms with Crippen molar-refractivity contribution in [3.8, 4) is 0 Å². The normalized spacial score (nSPS) is 9.40. The van der Waals surface area contributed by atoms with Gasteiger partial charge in [-0.3, -0.25) is 4.79 Å². The monoisotopic (exact) mass is 140 g/mol. The standard InChI is InChI=1S/C9H16O/c1-4-5-6-8(2)7-9(3)10/h2,4-7H2,1,3H3. The highest BCUT2D eigenvalue weighted by Crippen LogP contribution is 2.08. The maximum atomic E-state index is 10.6. The van der Waals surface area contributed by atoms with Gasteiger partial charge in [0.25, 0.3) is 0 Å². The maximum Gasteiger partial charge on any atom is 0.133 e. The fourth-order valence-corrected chi connectivity index (χ4v) is 0.867. The first-order chi connectivity index (χ1) is 4.66. The van der Waals surface area contributed by atoms with Crippen molar-refractivity contribution >= 4 is 5.78 Å². The molecule has 0 aliphatic rings. The first-order valence-corrected chi connectivity index (χ1v) is 3.83. The number of rotatable bonds is 5. The molecule has 0 N–H and O–H groups in total. The summed E-state index contributed by atoms with van der Waals surface area (Å²) in [6, 6.07) is 0. The fourth-order valence-electron chi connectivity index (χ4n) is 0.867. The molecule has 0 aromatic heterocycles. The van der Waals surface area contributed by atoms with Gasteiger partial charge in [0.15, 0.2) is 0 Å². The highest BCUT2D eigenvalue weighted by atomic mass is 16.1. The Morgan fingerprint density at radius 3 is 2.50 bits per heavy atom. The SMILES string of the molecule is C=C(CCCC)CC(C)=O. The number of ketones is 1. The molecule has 0 rings (SSSR count). The molecule has 10 heavy (non-hydrogen) atoms. The van der Waals surface area contributed by atoms with Crippen molar-refractivity contribution in [3.63, 3.8) is 0 Å². The van der Waals surface area contributed by atoms with Gasteiger partial charge < -0.3 is 0 Å². The van der Waals surface area contributed by atoms with E-state index < -0.39 is 0 Å². The molecule has 0 aromatic rings. The number of hydrogen-bond acceptors (Lipinski definition) is 1. The smallest absolute Gasteiger partial charge is 0.133 e. The van der Waals surface area contributed by atoms with E-state index in [-0.39, 0.29) is 5.78 Å². The van der Waals surface area contributed by atoms with E-state index in [0.29, 0.717) is 6.42 Å². The van der Waals surface area contributed by atoms with Crippen LogP contribution >= 0.6 is 0 Å². The number of Topliss-reactive ketones (excluding diaryl/α,β-unsaturated/α-hetero) is 1. The van der Waals surface area contributed by atoms with E-state index in [9.17, 15) is 4.79 Å². The number of allylic oxidation sites excluding steroid dienone is 1. The molecule has 0 heterocycles. The Morgan fingerprint density at radius 2 is 2.10 bits per heavy atom. The number of unbranched alkanes of at least 4 members (excludes halogenated alkanes) is 1. The van der Waals surface area contributed by atoms with Gasteiger partial charge in [0.05, 0.1) is 0 Å². The summed E-state index contributed by atoms with van der Waals surface area (Å²) in [7, 11) is 0. The molecular formula is C9H16O. The van der Waals surface area contributed by atoms with E-state index in [1.54, 1.807) is 6.92 Å². The van der Waals surface area contributed by atoms with Crippen LogP contribution in [0, 0.1) is 0 Å². The minimum atomic E-state index is 0.223. The summed E-state index contributed by atoms with van der Waals surface area (Å²) in [5, 5.41) is 0. The average molecular weight is 140 g/mol. The van der Waals surface area contributed by atoms with Crippen molar-refractivity contribution < 1.29 is 4.79 Å². The van der Waals surface area contributed by atoms with Gasteiger partial charge in [0.2, 0.25) is 0 Å². The van der Waals surface area contributed by atoms with E-state index in [1.807, 2.05) is 0 Å². The topological polar surface area (TPSA) is 17.1 Å². The number of hydrogen-bond donors (Lipinski definition) is 0. The summed E-state index contributed by atoms with van der Waals surface area (Å²) >= 11 is 0. The summed E-state index contributed by atoms with van der Waals surface area (Å²) in [5.41, 5.74) is 1.08. The second kappa shape index (κ2) is 5.21. The average Bonchev–Trinajstić information content (AvgIpc) is 1.82. The van der Waals surface area contributed by atoms with Crippen molar-refractivity contribution in [2.75, 3.05) is 0 Å². The lowest BCUT2D eigenvalue weighted by Gasteiger charge is -1.99. The predicted octanol–water partition coefficient (Wildman–Crippen LogP) is 2.71. The molecular weight excluding hydrogens is 124 g/mol. The Hall–Kier alpha value is -0.590. The molecule has 0 amide bonds. The van der Waals surface area contributed by atoms with Gasteiger partial charge in [-0.15, -0.1) is 0 Å². The molecule has 1 heteroatoms. The molecule has 0 aliphatic heterocycles.